The number of rotatable bonds is 10. The summed E-state index contributed by atoms with van der Waals surface area (Å²) >= 11 is 0. The van der Waals surface area contributed by atoms with Crippen LogP contribution in [0.2, 0.25) is 0 Å². The van der Waals surface area contributed by atoms with Crippen LogP contribution in [-0.4, -0.2) is 51.0 Å². The first-order valence-electron chi connectivity index (χ1n) is 11.4. The standard InChI is InChI=1S/C25H26F4N6O2/c1-15-11-30-23(31-12-15)19-9-17(18(14-36)10-20(19)26)6-8-35(3)7-4-5-16(2)33-21-13-32-34-24(37)22(21)25(27,28)29/h6,8-14,16H,4-5,7H2,1-3H3,(H2,33,34,37)/b8-6-. The highest BCUT2D eigenvalue weighted by Gasteiger charge is 2.37. The number of carbonyl (C=O) groups is 1. The summed E-state index contributed by atoms with van der Waals surface area (Å²) in [6.07, 6.45) is 4.35. The topological polar surface area (TPSA) is 104 Å². The molecule has 0 fully saturated rings. The summed E-state index contributed by atoms with van der Waals surface area (Å²) in [6, 6.07) is 2.28. The molecule has 0 bridgehead atoms. The highest BCUT2D eigenvalue weighted by molar-refractivity contribution is 5.84. The SMILES string of the molecule is Cc1cnc(-c2cc(/C=C\N(C)CCCC(C)Nc3cn[nH]c(=O)c3C(F)(F)F)c(C=O)cc2F)nc1. The van der Waals surface area contributed by atoms with Gasteiger partial charge in [0.25, 0.3) is 5.56 Å². The molecule has 196 valence electrons. The predicted molar refractivity (Wildman–Crippen MR) is 131 cm³/mol. The third kappa shape index (κ3) is 7.21. The van der Waals surface area contributed by atoms with Gasteiger partial charge in [-0.1, -0.05) is 0 Å². The first-order chi connectivity index (χ1) is 17.5. The molecule has 12 heteroatoms. The Morgan fingerprint density at radius 2 is 1.86 bits per heavy atom. The first-order valence-corrected chi connectivity index (χ1v) is 11.4. The number of alkyl halides is 3. The summed E-state index contributed by atoms with van der Waals surface area (Å²) in [6.45, 7) is 4.07. The van der Waals surface area contributed by atoms with Crippen LogP contribution in [0.4, 0.5) is 23.2 Å². The van der Waals surface area contributed by atoms with Crippen LogP contribution >= 0.6 is 0 Å². The number of benzene rings is 1. The molecule has 0 saturated carbocycles. The van der Waals surface area contributed by atoms with Crippen LogP contribution in [0, 0.1) is 12.7 Å². The Bertz CT molecular complexity index is 1320. The molecule has 3 rings (SSSR count). The molecule has 0 radical (unpaired) electrons. The Kier molecular flexibility index (Phi) is 8.74. The summed E-state index contributed by atoms with van der Waals surface area (Å²) in [4.78, 5) is 33.2. The largest absolute Gasteiger partial charge is 0.423 e. The zero-order chi connectivity index (χ0) is 27.2. The number of halogens is 4. The molecule has 1 unspecified atom stereocenters. The van der Waals surface area contributed by atoms with Crippen LogP contribution < -0.4 is 10.9 Å². The molecule has 1 aromatic carbocycles. The molecule has 0 aliphatic heterocycles. The molecule has 0 spiro atoms. The summed E-state index contributed by atoms with van der Waals surface area (Å²) in [5.74, 6) is -0.406. The minimum atomic E-state index is -4.81. The highest BCUT2D eigenvalue weighted by Crippen LogP contribution is 2.31. The van der Waals surface area contributed by atoms with Gasteiger partial charge in [-0.25, -0.2) is 19.5 Å². The molecule has 3 aromatic rings. The van der Waals surface area contributed by atoms with Crippen molar-refractivity contribution in [3.63, 3.8) is 0 Å². The van der Waals surface area contributed by atoms with Crippen molar-refractivity contribution in [1.29, 1.82) is 0 Å². The van der Waals surface area contributed by atoms with Gasteiger partial charge in [0.2, 0.25) is 0 Å². The smallest absolute Gasteiger partial charge is 0.381 e. The zero-order valence-electron chi connectivity index (χ0n) is 20.4. The van der Waals surface area contributed by atoms with Gasteiger partial charge in [0.15, 0.2) is 12.1 Å². The van der Waals surface area contributed by atoms with Crippen molar-refractivity contribution in [3.05, 3.63) is 75.3 Å². The van der Waals surface area contributed by atoms with Gasteiger partial charge in [0.1, 0.15) is 11.4 Å². The van der Waals surface area contributed by atoms with E-state index in [-0.39, 0.29) is 28.7 Å². The van der Waals surface area contributed by atoms with Crippen molar-refractivity contribution in [3.8, 4) is 11.4 Å². The van der Waals surface area contributed by atoms with E-state index >= 15 is 0 Å². The van der Waals surface area contributed by atoms with Crippen molar-refractivity contribution in [2.75, 3.05) is 18.9 Å². The third-order valence-electron chi connectivity index (χ3n) is 5.52. The molecule has 0 amide bonds. The average molecular weight is 519 g/mol. The van der Waals surface area contributed by atoms with E-state index in [2.05, 4.69) is 20.4 Å². The Labute approximate surface area is 210 Å². The minimum Gasteiger partial charge on any atom is -0.381 e. The van der Waals surface area contributed by atoms with Crippen molar-refractivity contribution < 1.29 is 22.4 Å². The number of aromatic amines is 1. The number of H-pyrrole nitrogens is 1. The molecule has 2 aromatic heterocycles. The van der Waals surface area contributed by atoms with Gasteiger partial charge in [-0.15, -0.1) is 0 Å². The van der Waals surface area contributed by atoms with Crippen LogP contribution in [-0.2, 0) is 6.18 Å². The molecular formula is C25H26F4N6O2. The number of aromatic nitrogens is 4. The van der Waals surface area contributed by atoms with E-state index in [0.29, 0.717) is 31.2 Å². The van der Waals surface area contributed by atoms with Gasteiger partial charge in [-0.3, -0.25) is 9.59 Å². The van der Waals surface area contributed by atoms with Crippen LogP contribution in [0.15, 0.2) is 41.7 Å². The van der Waals surface area contributed by atoms with E-state index in [4.69, 9.17) is 0 Å². The van der Waals surface area contributed by atoms with E-state index in [1.54, 1.807) is 43.7 Å². The fraction of sp³-hybridized carbons (Fsp3) is 0.320. The number of carbonyl (C=O) groups excluding carboxylic acids is 1. The second-order valence-corrected chi connectivity index (χ2v) is 8.63. The van der Waals surface area contributed by atoms with E-state index in [0.717, 1.165) is 17.8 Å². The second-order valence-electron chi connectivity index (χ2n) is 8.63. The molecule has 1 atom stereocenters. The van der Waals surface area contributed by atoms with Crippen molar-refractivity contribution >= 4 is 18.0 Å². The molecule has 2 N–H and O–H groups in total. The highest BCUT2D eigenvalue weighted by atomic mass is 19.4. The number of nitrogens with zero attached hydrogens (tertiary/aromatic N) is 4. The van der Waals surface area contributed by atoms with Crippen molar-refractivity contribution in [2.45, 2.75) is 38.9 Å². The summed E-state index contributed by atoms with van der Waals surface area (Å²) in [5.41, 5.74) is -1.34. The fourth-order valence-corrected chi connectivity index (χ4v) is 3.61. The van der Waals surface area contributed by atoms with E-state index in [1.165, 1.54) is 6.07 Å². The molecule has 0 aliphatic carbocycles. The molecule has 8 nitrogen and oxygen atoms in total. The maximum absolute atomic E-state index is 14.5. The van der Waals surface area contributed by atoms with Crippen molar-refractivity contribution in [2.24, 2.45) is 0 Å². The normalized spacial score (nSPS) is 12.5. The van der Waals surface area contributed by atoms with E-state index in [1.807, 2.05) is 11.8 Å². The van der Waals surface area contributed by atoms with E-state index < -0.39 is 23.1 Å². The number of aryl methyl sites for hydroxylation is 1. The lowest BCUT2D eigenvalue weighted by Gasteiger charge is -2.20. The molecule has 0 saturated heterocycles. The van der Waals surface area contributed by atoms with Crippen LogP contribution in [0.3, 0.4) is 0 Å². The molecule has 37 heavy (non-hydrogen) atoms. The Morgan fingerprint density at radius 1 is 1.16 bits per heavy atom. The maximum atomic E-state index is 14.5. The second kappa shape index (κ2) is 11.8. The first kappa shape index (κ1) is 27.5. The quantitative estimate of drug-likeness (QED) is 0.297. The Morgan fingerprint density at radius 3 is 2.51 bits per heavy atom. The number of hydrogen-bond acceptors (Lipinski definition) is 7. The van der Waals surface area contributed by atoms with Crippen molar-refractivity contribution in [1.82, 2.24) is 25.1 Å². The zero-order valence-corrected chi connectivity index (χ0v) is 20.4. The van der Waals surface area contributed by atoms with Crippen LogP contribution in [0.25, 0.3) is 17.5 Å². The monoisotopic (exact) mass is 518 g/mol. The number of nitrogens with one attached hydrogen (secondary N) is 2. The summed E-state index contributed by atoms with van der Waals surface area (Å²) in [7, 11) is 1.80. The van der Waals surface area contributed by atoms with Gasteiger partial charge in [-0.05, 0) is 62.2 Å². The molecule has 2 heterocycles. The van der Waals surface area contributed by atoms with Gasteiger partial charge in [-0.2, -0.15) is 18.3 Å². The fourth-order valence-electron chi connectivity index (χ4n) is 3.61. The van der Waals surface area contributed by atoms with Gasteiger partial charge < -0.3 is 10.2 Å². The minimum absolute atomic E-state index is 0.167. The van der Waals surface area contributed by atoms with Crippen LogP contribution in [0.1, 0.15) is 46.8 Å². The van der Waals surface area contributed by atoms with Gasteiger partial charge in [0, 0.05) is 37.6 Å². The lowest BCUT2D eigenvalue weighted by Crippen LogP contribution is -2.27. The molecule has 0 aliphatic rings. The number of aldehydes is 1. The van der Waals surface area contributed by atoms with Crippen LogP contribution in [0.5, 0.6) is 0 Å². The Hall–Kier alpha value is -4.09. The number of anilines is 1. The lowest BCUT2D eigenvalue weighted by molar-refractivity contribution is -0.138. The van der Waals surface area contributed by atoms with Gasteiger partial charge in [0.05, 0.1) is 17.4 Å². The summed E-state index contributed by atoms with van der Waals surface area (Å²) in [5, 5.41) is 7.96. The Balaban J connectivity index is 1.62. The number of hydrogen-bond donors (Lipinski definition) is 2. The van der Waals surface area contributed by atoms with Gasteiger partial charge >= 0.3 is 6.18 Å². The molecular weight excluding hydrogens is 492 g/mol. The maximum Gasteiger partial charge on any atom is 0.423 e. The summed E-state index contributed by atoms with van der Waals surface area (Å²) < 4.78 is 54.2. The third-order valence-corrected chi connectivity index (χ3v) is 5.52. The predicted octanol–water partition coefficient (Wildman–Crippen LogP) is 4.69. The average Bonchev–Trinajstić information content (AvgIpc) is 2.82. The van der Waals surface area contributed by atoms with E-state index in [9.17, 15) is 27.2 Å². The lowest BCUT2D eigenvalue weighted by atomic mass is 10.0.